The number of primary amides is 1. The van der Waals surface area contributed by atoms with Crippen LogP contribution in [0.3, 0.4) is 0 Å². The van der Waals surface area contributed by atoms with E-state index in [1.807, 2.05) is 0 Å². The van der Waals surface area contributed by atoms with Crippen molar-refractivity contribution in [1.82, 2.24) is 10.6 Å². The minimum Gasteiger partial charge on any atom is -0.369 e. The summed E-state index contributed by atoms with van der Waals surface area (Å²) in [7, 11) is 0. The third kappa shape index (κ3) is 3.32. The maximum Gasteiger partial charge on any atom is 0.227 e. The van der Waals surface area contributed by atoms with Crippen LogP contribution in [0.5, 0.6) is 0 Å². The largest absolute Gasteiger partial charge is 0.369 e. The molecule has 2 fully saturated rings. The van der Waals surface area contributed by atoms with Gasteiger partial charge in [0.25, 0.3) is 0 Å². The highest BCUT2D eigenvalue weighted by molar-refractivity contribution is 5.83. The highest BCUT2D eigenvalue weighted by Crippen LogP contribution is 2.32. The Kier molecular flexibility index (Phi) is 5.02. The zero-order valence-corrected chi connectivity index (χ0v) is 12.4. The van der Waals surface area contributed by atoms with Gasteiger partial charge in [-0.3, -0.25) is 9.59 Å². The van der Waals surface area contributed by atoms with Crippen LogP contribution in [-0.2, 0) is 9.59 Å². The van der Waals surface area contributed by atoms with E-state index in [-0.39, 0.29) is 29.2 Å². The first-order valence-electron chi connectivity index (χ1n) is 7.88. The second kappa shape index (κ2) is 6.57. The van der Waals surface area contributed by atoms with E-state index >= 15 is 0 Å². The van der Waals surface area contributed by atoms with Crippen LogP contribution >= 0.6 is 0 Å². The van der Waals surface area contributed by atoms with Gasteiger partial charge in [-0.2, -0.15) is 0 Å². The van der Waals surface area contributed by atoms with Gasteiger partial charge in [-0.25, -0.2) is 0 Å². The van der Waals surface area contributed by atoms with Crippen molar-refractivity contribution in [2.45, 2.75) is 57.9 Å². The average Bonchev–Trinajstić information content (AvgIpc) is 2.89. The summed E-state index contributed by atoms with van der Waals surface area (Å²) in [5.41, 5.74) is 5.13. The fourth-order valence-corrected chi connectivity index (χ4v) is 3.60. The Hall–Kier alpha value is -1.10. The Morgan fingerprint density at radius 2 is 2.00 bits per heavy atom. The lowest BCUT2D eigenvalue weighted by atomic mass is 9.80. The van der Waals surface area contributed by atoms with Gasteiger partial charge in [-0.15, -0.1) is 0 Å². The van der Waals surface area contributed by atoms with Gasteiger partial charge in [0.1, 0.15) is 0 Å². The minimum atomic E-state index is -0.213. The molecule has 4 N–H and O–H groups in total. The lowest BCUT2D eigenvalue weighted by Gasteiger charge is -2.32. The van der Waals surface area contributed by atoms with Gasteiger partial charge in [0.05, 0.1) is 5.41 Å². The molecule has 1 heterocycles. The maximum atomic E-state index is 12.6. The van der Waals surface area contributed by atoms with Crippen molar-refractivity contribution in [3.8, 4) is 0 Å². The number of nitrogens with two attached hydrogens (primary N) is 1. The predicted molar refractivity (Wildman–Crippen MR) is 77.9 cm³/mol. The van der Waals surface area contributed by atoms with Crippen molar-refractivity contribution in [3.05, 3.63) is 0 Å². The lowest BCUT2D eigenvalue weighted by molar-refractivity contribution is -0.131. The van der Waals surface area contributed by atoms with Gasteiger partial charge < -0.3 is 16.4 Å². The molecule has 1 aliphatic carbocycles. The van der Waals surface area contributed by atoms with E-state index in [0.717, 1.165) is 58.0 Å². The SMILES string of the molecule is CCCC1(C(=O)NC2CCC(C(N)=O)CC2)CCNC1. The molecule has 1 aliphatic heterocycles. The van der Waals surface area contributed by atoms with Crippen molar-refractivity contribution < 1.29 is 9.59 Å². The molecule has 0 aromatic rings. The zero-order chi connectivity index (χ0) is 14.6. The molecule has 0 spiro atoms. The Morgan fingerprint density at radius 1 is 1.30 bits per heavy atom. The lowest BCUT2D eigenvalue weighted by Crippen LogP contribution is -2.48. The molecule has 0 bridgehead atoms. The molecule has 20 heavy (non-hydrogen) atoms. The van der Waals surface area contributed by atoms with E-state index in [2.05, 4.69) is 17.6 Å². The van der Waals surface area contributed by atoms with Gasteiger partial charge >= 0.3 is 0 Å². The molecule has 1 unspecified atom stereocenters. The van der Waals surface area contributed by atoms with Crippen LogP contribution < -0.4 is 16.4 Å². The molecule has 0 radical (unpaired) electrons. The topological polar surface area (TPSA) is 84.2 Å². The van der Waals surface area contributed by atoms with Gasteiger partial charge in [0.15, 0.2) is 0 Å². The van der Waals surface area contributed by atoms with Crippen LogP contribution in [0.2, 0.25) is 0 Å². The van der Waals surface area contributed by atoms with E-state index in [4.69, 9.17) is 5.73 Å². The number of carbonyl (C=O) groups excluding carboxylic acids is 2. The van der Waals surface area contributed by atoms with Gasteiger partial charge in [0.2, 0.25) is 11.8 Å². The predicted octanol–water partition coefficient (Wildman–Crippen LogP) is 0.927. The minimum absolute atomic E-state index is 0.000835. The van der Waals surface area contributed by atoms with Crippen LogP contribution in [0, 0.1) is 11.3 Å². The summed E-state index contributed by atoms with van der Waals surface area (Å²) in [5, 5.41) is 6.53. The normalized spacial score (nSPS) is 33.9. The van der Waals surface area contributed by atoms with Crippen LogP contribution in [0.4, 0.5) is 0 Å². The number of hydrogen-bond donors (Lipinski definition) is 3. The summed E-state index contributed by atoms with van der Waals surface area (Å²) in [5.74, 6) is 0.00463. The summed E-state index contributed by atoms with van der Waals surface area (Å²) in [4.78, 5) is 23.8. The number of rotatable bonds is 5. The first-order valence-corrected chi connectivity index (χ1v) is 7.88. The highest BCUT2D eigenvalue weighted by atomic mass is 16.2. The Balaban J connectivity index is 1.87. The molecular weight excluding hydrogens is 254 g/mol. The molecule has 5 nitrogen and oxygen atoms in total. The maximum absolute atomic E-state index is 12.6. The molecular formula is C15H27N3O2. The Bertz CT molecular complexity index is 356. The van der Waals surface area contributed by atoms with Crippen molar-refractivity contribution >= 4 is 11.8 Å². The van der Waals surface area contributed by atoms with Crippen molar-refractivity contribution in [1.29, 1.82) is 0 Å². The van der Waals surface area contributed by atoms with Crippen LogP contribution in [0.1, 0.15) is 51.9 Å². The number of nitrogens with one attached hydrogen (secondary N) is 2. The smallest absolute Gasteiger partial charge is 0.227 e. The van der Waals surface area contributed by atoms with Crippen LogP contribution in [0.25, 0.3) is 0 Å². The molecule has 0 aromatic heterocycles. The van der Waals surface area contributed by atoms with Crippen LogP contribution in [0.15, 0.2) is 0 Å². The van der Waals surface area contributed by atoms with E-state index in [0.29, 0.717) is 0 Å². The fraction of sp³-hybridized carbons (Fsp3) is 0.867. The fourth-order valence-electron chi connectivity index (χ4n) is 3.60. The summed E-state index contributed by atoms with van der Waals surface area (Å²) in [6.45, 7) is 3.86. The van der Waals surface area contributed by atoms with Crippen molar-refractivity contribution in [2.24, 2.45) is 17.1 Å². The van der Waals surface area contributed by atoms with E-state index < -0.39 is 0 Å². The molecule has 1 saturated carbocycles. The third-order valence-electron chi connectivity index (χ3n) is 4.92. The number of amides is 2. The van der Waals surface area contributed by atoms with E-state index in [9.17, 15) is 9.59 Å². The van der Waals surface area contributed by atoms with E-state index in [1.54, 1.807) is 0 Å². The Labute approximate surface area is 121 Å². The average molecular weight is 281 g/mol. The highest BCUT2D eigenvalue weighted by Gasteiger charge is 2.41. The standard InChI is InChI=1S/C15H27N3O2/c1-2-7-15(8-9-17-10-15)14(20)18-12-5-3-11(4-6-12)13(16)19/h11-12,17H,2-10H2,1H3,(H2,16,19)(H,18,20). The molecule has 114 valence electrons. The summed E-state index contributed by atoms with van der Waals surface area (Å²) in [6, 6.07) is 0.215. The van der Waals surface area contributed by atoms with Gasteiger partial charge in [-0.1, -0.05) is 13.3 Å². The first kappa shape index (κ1) is 15.3. The van der Waals surface area contributed by atoms with Gasteiger partial charge in [0, 0.05) is 18.5 Å². The molecule has 2 amide bonds. The first-order chi connectivity index (χ1) is 9.57. The van der Waals surface area contributed by atoms with Crippen molar-refractivity contribution in [2.75, 3.05) is 13.1 Å². The molecule has 1 saturated heterocycles. The number of carbonyl (C=O) groups is 2. The second-order valence-corrected chi connectivity index (χ2v) is 6.38. The van der Waals surface area contributed by atoms with Crippen LogP contribution in [-0.4, -0.2) is 30.9 Å². The van der Waals surface area contributed by atoms with E-state index in [1.165, 1.54) is 0 Å². The molecule has 2 aliphatic rings. The molecule has 2 rings (SSSR count). The summed E-state index contributed by atoms with van der Waals surface area (Å²) < 4.78 is 0. The summed E-state index contributed by atoms with van der Waals surface area (Å²) in [6.07, 6.45) is 6.26. The molecule has 0 aromatic carbocycles. The second-order valence-electron chi connectivity index (χ2n) is 6.38. The monoisotopic (exact) mass is 281 g/mol. The number of hydrogen-bond acceptors (Lipinski definition) is 3. The third-order valence-corrected chi connectivity index (χ3v) is 4.92. The van der Waals surface area contributed by atoms with Gasteiger partial charge in [-0.05, 0) is 45.1 Å². The zero-order valence-electron chi connectivity index (χ0n) is 12.4. The molecule has 5 heteroatoms. The molecule has 1 atom stereocenters. The van der Waals surface area contributed by atoms with Crippen molar-refractivity contribution in [3.63, 3.8) is 0 Å². The Morgan fingerprint density at radius 3 is 2.50 bits per heavy atom. The summed E-state index contributed by atoms with van der Waals surface area (Å²) >= 11 is 0. The quantitative estimate of drug-likeness (QED) is 0.701.